The highest BCUT2D eigenvalue weighted by molar-refractivity contribution is 9.10. The fourth-order valence-electron chi connectivity index (χ4n) is 1.04. The number of nitrogens with zero attached hydrogens (tertiary/aromatic N) is 1. The Kier molecular flexibility index (Phi) is 2.85. The van der Waals surface area contributed by atoms with Crippen LogP contribution < -0.4 is 0 Å². The highest BCUT2D eigenvalue weighted by atomic mass is 79.9. The molecule has 0 bridgehead atoms. The number of hydrogen-bond acceptors (Lipinski definition) is 3. The number of benzene rings is 1. The van der Waals surface area contributed by atoms with E-state index in [9.17, 15) is 14.9 Å². The van der Waals surface area contributed by atoms with Crippen molar-refractivity contribution in [1.82, 2.24) is 0 Å². The Hall–Kier alpha value is -1.43. The minimum absolute atomic E-state index is 0.0214. The Morgan fingerprint density at radius 2 is 2.14 bits per heavy atom. The molecule has 74 valence electrons. The van der Waals surface area contributed by atoms with E-state index in [2.05, 4.69) is 15.9 Å². The maximum Gasteiger partial charge on any atom is 0.336 e. The molecule has 1 aromatic carbocycles. The second-order valence-electron chi connectivity index (χ2n) is 2.63. The van der Waals surface area contributed by atoms with Gasteiger partial charge in [-0.1, -0.05) is 0 Å². The fourth-order valence-corrected chi connectivity index (χ4v) is 1.54. The van der Waals surface area contributed by atoms with Crippen LogP contribution in [0.2, 0.25) is 0 Å². The molecule has 0 spiro atoms. The summed E-state index contributed by atoms with van der Waals surface area (Å²) in [6.07, 6.45) is 0. The molecule has 0 saturated heterocycles. The molecule has 0 aromatic heterocycles. The highest BCUT2D eigenvalue weighted by Crippen LogP contribution is 2.29. The van der Waals surface area contributed by atoms with Gasteiger partial charge in [-0.2, -0.15) is 0 Å². The quantitative estimate of drug-likeness (QED) is 0.653. The van der Waals surface area contributed by atoms with Gasteiger partial charge >= 0.3 is 5.97 Å². The molecule has 0 amide bonds. The van der Waals surface area contributed by atoms with Crippen molar-refractivity contribution < 1.29 is 14.8 Å². The minimum Gasteiger partial charge on any atom is -0.478 e. The van der Waals surface area contributed by atoms with Crippen LogP contribution >= 0.6 is 15.9 Å². The SMILES string of the molecule is Cc1c([N+](=O)[O-])ccc(C(=O)O)c1Br. The van der Waals surface area contributed by atoms with E-state index in [4.69, 9.17) is 5.11 Å². The third kappa shape index (κ3) is 1.74. The summed E-state index contributed by atoms with van der Waals surface area (Å²) in [5.74, 6) is -1.12. The van der Waals surface area contributed by atoms with Gasteiger partial charge < -0.3 is 5.11 Å². The zero-order valence-corrected chi connectivity index (χ0v) is 8.74. The molecular formula is C8H6BrNO4. The van der Waals surface area contributed by atoms with Crippen LogP contribution in [0, 0.1) is 17.0 Å². The van der Waals surface area contributed by atoms with Crippen LogP contribution in [0.5, 0.6) is 0 Å². The first-order valence-corrected chi connectivity index (χ1v) is 4.41. The lowest BCUT2D eigenvalue weighted by atomic mass is 10.1. The molecule has 1 N–H and O–H groups in total. The van der Waals surface area contributed by atoms with Crippen molar-refractivity contribution in [3.05, 3.63) is 37.8 Å². The van der Waals surface area contributed by atoms with Gasteiger partial charge in [0.15, 0.2) is 0 Å². The molecule has 1 rings (SSSR count). The molecular weight excluding hydrogens is 254 g/mol. The number of carbonyl (C=O) groups is 1. The maximum atomic E-state index is 10.7. The lowest BCUT2D eigenvalue weighted by Gasteiger charge is -2.03. The number of carboxylic acids is 1. The number of nitro groups is 1. The highest BCUT2D eigenvalue weighted by Gasteiger charge is 2.18. The largest absolute Gasteiger partial charge is 0.478 e. The van der Waals surface area contributed by atoms with Crippen LogP contribution in [-0.4, -0.2) is 16.0 Å². The molecule has 0 unspecified atom stereocenters. The summed E-state index contributed by atoms with van der Waals surface area (Å²) in [6.45, 7) is 1.49. The minimum atomic E-state index is -1.12. The summed E-state index contributed by atoms with van der Waals surface area (Å²) in [5, 5.41) is 19.2. The van der Waals surface area contributed by atoms with E-state index in [-0.39, 0.29) is 15.7 Å². The van der Waals surface area contributed by atoms with Gasteiger partial charge in [0.05, 0.1) is 10.5 Å². The topological polar surface area (TPSA) is 80.4 Å². The van der Waals surface area contributed by atoms with Crippen LogP contribution in [0.4, 0.5) is 5.69 Å². The van der Waals surface area contributed by atoms with E-state index in [1.54, 1.807) is 0 Å². The normalized spacial score (nSPS) is 9.86. The van der Waals surface area contributed by atoms with E-state index in [1.807, 2.05) is 0 Å². The lowest BCUT2D eigenvalue weighted by molar-refractivity contribution is -0.385. The Bertz CT molecular complexity index is 377. The Morgan fingerprint density at radius 1 is 1.57 bits per heavy atom. The van der Waals surface area contributed by atoms with Crippen molar-refractivity contribution in [2.45, 2.75) is 6.92 Å². The molecule has 1 aromatic rings. The molecule has 0 radical (unpaired) electrons. The number of halogens is 1. The fraction of sp³-hybridized carbons (Fsp3) is 0.125. The van der Waals surface area contributed by atoms with Gasteiger partial charge in [0.25, 0.3) is 5.69 Å². The van der Waals surface area contributed by atoms with Crippen molar-refractivity contribution in [2.75, 3.05) is 0 Å². The number of carboxylic acid groups (broad SMARTS) is 1. The van der Waals surface area contributed by atoms with Crippen LogP contribution in [0.1, 0.15) is 15.9 Å². The average Bonchev–Trinajstić information content (AvgIpc) is 2.08. The number of hydrogen-bond donors (Lipinski definition) is 1. The molecule has 0 fully saturated rings. The Labute approximate surface area is 87.6 Å². The molecule has 0 atom stereocenters. The average molecular weight is 260 g/mol. The Morgan fingerprint density at radius 3 is 2.57 bits per heavy atom. The van der Waals surface area contributed by atoms with E-state index in [1.165, 1.54) is 19.1 Å². The maximum absolute atomic E-state index is 10.7. The van der Waals surface area contributed by atoms with Crippen LogP contribution in [0.15, 0.2) is 16.6 Å². The zero-order chi connectivity index (χ0) is 10.9. The van der Waals surface area contributed by atoms with E-state index >= 15 is 0 Å². The number of nitro benzene ring substituents is 1. The van der Waals surface area contributed by atoms with E-state index < -0.39 is 10.9 Å². The van der Waals surface area contributed by atoms with Gasteiger partial charge in [-0.15, -0.1) is 0 Å². The van der Waals surface area contributed by atoms with Crippen molar-refractivity contribution in [3.63, 3.8) is 0 Å². The predicted molar refractivity (Wildman–Crippen MR) is 52.5 cm³/mol. The molecule has 0 aliphatic carbocycles. The third-order valence-electron chi connectivity index (χ3n) is 1.78. The van der Waals surface area contributed by atoms with Gasteiger partial charge in [-0.25, -0.2) is 4.79 Å². The molecule has 0 aliphatic heterocycles. The summed E-state index contributed by atoms with van der Waals surface area (Å²) >= 11 is 3.01. The number of aromatic carboxylic acids is 1. The standard InChI is InChI=1S/C8H6BrNO4/c1-4-6(10(13)14)3-2-5(7(4)9)8(11)12/h2-3H,1H3,(H,11,12). The van der Waals surface area contributed by atoms with Gasteiger partial charge in [0.1, 0.15) is 0 Å². The molecule has 0 aliphatic rings. The first-order chi connectivity index (χ1) is 6.45. The zero-order valence-electron chi connectivity index (χ0n) is 7.15. The van der Waals surface area contributed by atoms with Gasteiger partial charge in [-0.05, 0) is 28.9 Å². The van der Waals surface area contributed by atoms with E-state index in [0.717, 1.165) is 0 Å². The summed E-state index contributed by atoms with van der Waals surface area (Å²) in [7, 11) is 0. The van der Waals surface area contributed by atoms with E-state index in [0.29, 0.717) is 5.56 Å². The predicted octanol–water partition coefficient (Wildman–Crippen LogP) is 2.36. The molecule has 14 heavy (non-hydrogen) atoms. The lowest BCUT2D eigenvalue weighted by Crippen LogP contribution is -2.01. The van der Waals surface area contributed by atoms with Crippen molar-refractivity contribution in [2.24, 2.45) is 0 Å². The Balaban J connectivity index is 3.41. The molecule has 0 heterocycles. The summed E-state index contributed by atoms with van der Waals surface area (Å²) in [5.41, 5.74) is 0.241. The van der Waals surface area contributed by atoms with Gasteiger partial charge in [0, 0.05) is 16.1 Å². The molecule has 0 saturated carbocycles. The monoisotopic (exact) mass is 259 g/mol. The smallest absolute Gasteiger partial charge is 0.336 e. The van der Waals surface area contributed by atoms with Crippen LogP contribution in [0.3, 0.4) is 0 Å². The van der Waals surface area contributed by atoms with Crippen molar-refractivity contribution in [1.29, 1.82) is 0 Å². The third-order valence-corrected chi connectivity index (χ3v) is 2.81. The van der Waals surface area contributed by atoms with Crippen molar-refractivity contribution >= 4 is 27.6 Å². The summed E-state index contributed by atoms with van der Waals surface area (Å²) in [6, 6.07) is 2.39. The van der Waals surface area contributed by atoms with Crippen LogP contribution in [0.25, 0.3) is 0 Å². The van der Waals surface area contributed by atoms with Gasteiger partial charge in [-0.3, -0.25) is 10.1 Å². The second-order valence-corrected chi connectivity index (χ2v) is 3.43. The van der Waals surface area contributed by atoms with Gasteiger partial charge in [0.2, 0.25) is 0 Å². The molecule has 5 nitrogen and oxygen atoms in total. The summed E-state index contributed by atoms with van der Waals surface area (Å²) in [4.78, 5) is 20.6. The summed E-state index contributed by atoms with van der Waals surface area (Å²) < 4.78 is 0.249. The first-order valence-electron chi connectivity index (χ1n) is 3.62. The molecule has 6 heteroatoms. The van der Waals surface area contributed by atoms with Crippen LogP contribution in [-0.2, 0) is 0 Å². The second kappa shape index (κ2) is 3.75. The van der Waals surface area contributed by atoms with Crippen molar-refractivity contribution in [3.8, 4) is 0 Å². The number of rotatable bonds is 2. The first kappa shape index (κ1) is 10.6.